The number of nitro groups is 1. The van der Waals surface area contributed by atoms with E-state index in [-0.39, 0.29) is 36.3 Å². The minimum Gasteiger partial charge on any atom is -0.466 e. The van der Waals surface area contributed by atoms with Crippen molar-refractivity contribution < 1.29 is 28.8 Å². The average molecular weight is 460 g/mol. The predicted molar refractivity (Wildman–Crippen MR) is 117 cm³/mol. The lowest BCUT2D eigenvalue weighted by Crippen LogP contribution is -2.50. The van der Waals surface area contributed by atoms with Gasteiger partial charge < -0.3 is 20.1 Å². The molecule has 11 heteroatoms. The molecule has 1 aromatic carbocycles. The van der Waals surface area contributed by atoms with Gasteiger partial charge in [0.2, 0.25) is 0 Å². The third-order valence-electron chi connectivity index (χ3n) is 5.59. The molecule has 2 heterocycles. The molecule has 1 saturated heterocycles. The van der Waals surface area contributed by atoms with Gasteiger partial charge in [0, 0.05) is 30.9 Å². The first-order valence-electron chi connectivity index (χ1n) is 10.9. The summed E-state index contributed by atoms with van der Waals surface area (Å²) in [7, 11) is 0. The van der Waals surface area contributed by atoms with Crippen molar-refractivity contribution in [3.63, 3.8) is 0 Å². The maximum absolute atomic E-state index is 12.9. The molecule has 2 aliphatic rings. The third kappa shape index (κ3) is 5.86. The second kappa shape index (κ2) is 10.9. The van der Waals surface area contributed by atoms with Crippen LogP contribution in [-0.2, 0) is 19.1 Å². The van der Waals surface area contributed by atoms with Crippen LogP contribution in [0.3, 0.4) is 0 Å². The van der Waals surface area contributed by atoms with E-state index in [0.29, 0.717) is 31.0 Å². The van der Waals surface area contributed by atoms with Crippen LogP contribution >= 0.6 is 0 Å². The van der Waals surface area contributed by atoms with Crippen molar-refractivity contribution in [2.24, 2.45) is 5.92 Å². The molecule has 2 aliphatic heterocycles. The zero-order valence-corrected chi connectivity index (χ0v) is 18.7. The summed E-state index contributed by atoms with van der Waals surface area (Å²) in [5.74, 6) is -1.12. The van der Waals surface area contributed by atoms with Gasteiger partial charge in [0.25, 0.3) is 5.69 Å². The molecule has 2 atom stereocenters. The molecule has 0 saturated carbocycles. The molecule has 178 valence electrons. The van der Waals surface area contributed by atoms with E-state index >= 15 is 0 Å². The van der Waals surface area contributed by atoms with Crippen molar-refractivity contribution in [1.29, 1.82) is 0 Å². The Balaban J connectivity index is 1.91. The van der Waals surface area contributed by atoms with Crippen molar-refractivity contribution in [2.45, 2.75) is 32.7 Å². The van der Waals surface area contributed by atoms with Crippen molar-refractivity contribution in [3.05, 3.63) is 51.2 Å². The molecule has 3 rings (SSSR count). The zero-order chi connectivity index (χ0) is 24.0. The number of likely N-dealkylation sites (tertiary alicyclic amines) is 1. The summed E-state index contributed by atoms with van der Waals surface area (Å²) in [6, 6.07) is 4.31. The average Bonchev–Trinajstić information content (AvgIpc) is 2.79. The molecule has 1 aromatic rings. The SMILES string of the molecule is CCOC(=O)C1=C(CN2CCC[C@H](C(=O)OCC)C2)NC(=O)N[C@H]1c1ccc([N+](=O)[O-])cc1. The summed E-state index contributed by atoms with van der Waals surface area (Å²) in [6.45, 7) is 5.28. The lowest BCUT2D eigenvalue weighted by atomic mass is 9.93. The Bertz CT molecular complexity index is 945. The summed E-state index contributed by atoms with van der Waals surface area (Å²) in [6.07, 6.45) is 1.50. The molecule has 11 nitrogen and oxygen atoms in total. The van der Waals surface area contributed by atoms with Crippen LogP contribution in [0.2, 0.25) is 0 Å². The van der Waals surface area contributed by atoms with Crippen LogP contribution < -0.4 is 10.6 Å². The molecular weight excluding hydrogens is 432 g/mol. The summed E-state index contributed by atoms with van der Waals surface area (Å²) in [5.41, 5.74) is 1.02. The summed E-state index contributed by atoms with van der Waals surface area (Å²) < 4.78 is 10.4. The van der Waals surface area contributed by atoms with Crippen LogP contribution in [0.25, 0.3) is 0 Å². The van der Waals surface area contributed by atoms with E-state index in [0.717, 1.165) is 12.8 Å². The maximum atomic E-state index is 12.9. The van der Waals surface area contributed by atoms with Crippen LogP contribution in [0.4, 0.5) is 10.5 Å². The Hall–Kier alpha value is -3.47. The van der Waals surface area contributed by atoms with E-state index in [4.69, 9.17) is 9.47 Å². The monoisotopic (exact) mass is 460 g/mol. The van der Waals surface area contributed by atoms with Gasteiger partial charge in [-0.3, -0.25) is 19.8 Å². The van der Waals surface area contributed by atoms with Gasteiger partial charge in [0.1, 0.15) is 0 Å². The summed E-state index contributed by atoms with van der Waals surface area (Å²) >= 11 is 0. The van der Waals surface area contributed by atoms with Crippen LogP contribution in [0, 0.1) is 16.0 Å². The number of nitro benzene ring substituents is 1. The largest absolute Gasteiger partial charge is 0.466 e. The number of nitrogens with one attached hydrogen (secondary N) is 2. The van der Waals surface area contributed by atoms with Crippen molar-refractivity contribution in [2.75, 3.05) is 32.8 Å². The van der Waals surface area contributed by atoms with Gasteiger partial charge in [-0.15, -0.1) is 0 Å². The highest BCUT2D eigenvalue weighted by Crippen LogP contribution is 2.30. The van der Waals surface area contributed by atoms with Crippen LogP contribution in [0.1, 0.15) is 38.3 Å². The van der Waals surface area contributed by atoms with Crippen LogP contribution in [0.5, 0.6) is 0 Å². The molecule has 0 bridgehead atoms. The maximum Gasteiger partial charge on any atom is 0.338 e. The smallest absolute Gasteiger partial charge is 0.338 e. The molecule has 33 heavy (non-hydrogen) atoms. The number of hydrogen-bond donors (Lipinski definition) is 2. The van der Waals surface area contributed by atoms with Crippen molar-refractivity contribution >= 4 is 23.7 Å². The molecule has 2 N–H and O–H groups in total. The lowest BCUT2D eigenvalue weighted by molar-refractivity contribution is -0.384. The lowest BCUT2D eigenvalue weighted by Gasteiger charge is -2.35. The molecule has 0 unspecified atom stereocenters. The van der Waals surface area contributed by atoms with Gasteiger partial charge in [-0.25, -0.2) is 9.59 Å². The Morgan fingerprint density at radius 1 is 1.18 bits per heavy atom. The van der Waals surface area contributed by atoms with Crippen molar-refractivity contribution in [1.82, 2.24) is 15.5 Å². The number of carbonyl (C=O) groups is 3. The third-order valence-corrected chi connectivity index (χ3v) is 5.59. The van der Waals surface area contributed by atoms with Gasteiger partial charge in [-0.1, -0.05) is 0 Å². The zero-order valence-electron chi connectivity index (χ0n) is 18.7. The van der Waals surface area contributed by atoms with Crippen LogP contribution in [-0.4, -0.2) is 60.6 Å². The molecule has 2 amide bonds. The number of urea groups is 1. The number of esters is 2. The fraction of sp³-hybridized carbons (Fsp3) is 0.500. The highest BCUT2D eigenvalue weighted by molar-refractivity contribution is 5.95. The normalized spacial score (nSPS) is 21.1. The number of benzene rings is 1. The number of carbonyl (C=O) groups excluding carboxylic acids is 3. The minimum absolute atomic E-state index is 0.0979. The standard InChI is InChI=1S/C22H28N4O7/c1-3-32-20(27)15-6-5-11-25(12-15)13-17-18(21(28)33-4-2)19(24-22(29)23-17)14-7-9-16(10-8-14)26(30)31/h7-10,15,19H,3-6,11-13H2,1-2H3,(H2,23,24,29)/t15-,19-/m0/s1. The fourth-order valence-corrected chi connectivity index (χ4v) is 4.11. The second-order valence-electron chi connectivity index (χ2n) is 7.82. The van der Waals surface area contributed by atoms with Gasteiger partial charge >= 0.3 is 18.0 Å². The number of nitrogens with zero attached hydrogens (tertiary/aromatic N) is 2. The highest BCUT2D eigenvalue weighted by atomic mass is 16.6. The first kappa shape index (κ1) is 24.2. The van der Waals surface area contributed by atoms with E-state index in [1.54, 1.807) is 13.8 Å². The summed E-state index contributed by atoms with van der Waals surface area (Å²) in [4.78, 5) is 50.0. The number of amides is 2. The van der Waals surface area contributed by atoms with Gasteiger partial charge in [-0.2, -0.15) is 0 Å². The fourth-order valence-electron chi connectivity index (χ4n) is 4.11. The first-order valence-corrected chi connectivity index (χ1v) is 10.9. The van der Waals surface area contributed by atoms with E-state index in [9.17, 15) is 24.5 Å². The van der Waals surface area contributed by atoms with Crippen molar-refractivity contribution in [3.8, 4) is 0 Å². The highest BCUT2D eigenvalue weighted by Gasteiger charge is 2.35. The minimum atomic E-state index is -0.834. The molecule has 0 aromatic heterocycles. The molecule has 0 spiro atoms. The van der Waals surface area contributed by atoms with E-state index in [1.165, 1.54) is 24.3 Å². The molecule has 0 aliphatic carbocycles. The second-order valence-corrected chi connectivity index (χ2v) is 7.82. The van der Waals surface area contributed by atoms with Crippen LogP contribution in [0.15, 0.2) is 35.5 Å². The number of non-ortho nitro benzene ring substituents is 1. The topological polar surface area (TPSA) is 140 Å². The quantitative estimate of drug-likeness (QED) is 0.341. The van der Waals surface area contributed by atoms with Gasteiger partial charge in [-0.05, 0) is 50.9 Å². The predicted octanol–water partition coefficient (Wildman–Crippen LogP) is 2.04. The number of ether oxygens (including phenoxy) is 2. The molecular formula is C22H28N4O7. The number of rotatable bonds is 8. The van der Waals surface area contributed by atoms with E-state index in [1.807, 2.05) is 4.90 Å². The Labute approximate surface area is 191 Å². The van der Waals surface area contributed by atoms with E-state index < -0.39 is 23.0 Å². The Morgan fingerprint density at radius 3 is 2.52 bits per heavy atom. The molecule has 1 fully saturated rings. The Kier molecular flexibility index (Phi) is 7.99. The first-order chi connectivity index (χ1) is 15.8. The van der Waals surface area contributed by atoms with Gasteiger partial charge in [0.15, 0.2) is 0 Å². The number of piperidine rings is 1. The number of hydrogen-bond acceptors (Lipinski definition) is 8. The Morgan fingerprint density at radius 2 is 1.88 bits per heavy atom. The van der Waals surface area contributed by atoms with E-state index in [2.05, 4.69) is 10.6 Å². The van der Waals surface area contributed by atoms with Gasteiger partial charge in [0.05, 0.1) is 35.7 Å². The molecule has 0 radical (unpaired) electrons. The summed E-state index contributed by atoms with van der Waals surface area (Å²) in [5, 5.41) is 16.4.